The maximum atomic E-state index is 8.96. The predicted molar refractivity (Wildman–Crippen MR) is 112 cm³/mol. The van der Waals surface area contributed by atoms with E-state index in [0.29, 0.717) is 5.56 Å². The van der Waals surface area contributed by atoms with Crippen molar-refractivity contribution in [1.29, 1.82) is 5.26 Å². The van der Waals surface area contributed by atoms with E-state index in [0.717, 1.165) is 69.8 Å². The first-order valence-electron chi connectivity index (χ1n) is 9.91. The number of piperazine rings is 2. The number of nitrogens with zero attached hydrogens (tertiary/aromatic N) is 7. The molecule has 2 aliphatic rings. The minimum Gasteiger partial charge on any atom is -0.368 e. The number of hydrogen-bond donors (Lipinski definition) is 0. The molecule has 0 saturated carbocycles. The highest BCUT2D eigenvalue weighted by Gasteiger charge is 2.22. The van der Waals surface area contributed by atoms with Crippen molar-refractivity contribution in [2.75, 3.05) is 74.1 Å². The van der Waals surface area contributed by atoms with Gasteiger partial charge < -0.3 is 19.6 Å². The Balaban J connectivity index is 1.43. The van der Waals surface area contributed by atoms with Crippen LogP contribution in [0.4, 0.5) is 17.5 Å². The van der Waals surface area contributed by atoms with Gasteiger partial charge in [-0.05, 0) is 38.2 Å². The molecule has 1 aromatic heterocycles. The van der Waals surface area contributed by atoms with Crippen molar-refractivity contribution in [3.8, 4) is 6.07 Å². The third-order valence-corrected chi connectivity index (χ3v) is 5.58. The van der Waals surface area contributed by atoms with Crippen LogP contribution >= 0.6 is 0 Å². The van der Waals surface area contributed by atoms with Gasteiger partial charge in [0, 0.05) is 69.8 Å². The Labute approximate surface area is 166 Å². The number of rotatable bonds is 3. The number of benzene rings is 1. The van der Waals surface area contributed by atoms with E-state index in [9.17, 15) is 0 Å². The summed E-state index contributed by atoms with van der Waals surface area (Å²) in [5.74, 6) is 1.89. The summed E-state index contributed by atoms with van der Waals surface area (Å²) in [5, 5.41) is 8.96. The summed E-state index contributed by atoms with van der Waals surface area (Å²) in [5.41, 5.74) is 2.89. The number of likely N-dealkylation sites (N-methyl/N-ethyl adjacent to an activating group) is 1. The molecule has 2 saturated heterocycles. The third kappa shape index (κ3) is 4.02. The predicted octanol–water partition coefficient (Wildman–Crippen LogP) is 1.74. The SMILES string of the molecule is Cc1cc(N2CCN(C)CC2)nc(N2CCN(c3ccc(C#N)cc3)CC2)n1. The number of hydrogen-bond acceptors (Lipinski definition) is 7. The molecule has 0 N–H and O–H groups in total. The number of aryl methyl sites for hydroxylation is 1. The van der Waals surface area contributed by atoms with Gasteiger partial charge >= 0.3 is 0 Å². The van der Waals surface area contributed by atoms with Gasteiger partial charge in [-0.15, -0.1) is 0 Å². The van der Waals surface area contributed by atoms with Crippen molar-refractivity contribution in [2.24, 2.45) is 0 Å². The first kappa shape index (κ1) is 18.5. The summed E-state index contributed by atoms with van der Waals surface area (Å²) >= 11 is 0. The molecule has 2 aromatic rings. The molecule has 146 valence electrons. The lowest BCUT2D eigenvalue weighted by molar-refractivity contribution is 0.312. The lowest BCUT2D eigenvalue weighted by atomic mass is 10.2. The molecule has 0 spiro atoms. The monoisotopic (exact) mass is 377 g/mol. The van der Waals surface area contributed by atoms with Crippen molar-refractivity contribution in [2.45, 2.75) is 6.92 Å². The Morgan fingerprint density at radius 2 is 1.43 bits per heavy atom. The van der Waals surface area contributed by atoms with Gasteiger partial charge in [0.25, 0.3) is 0 Å². The van der Waals surface area contributed by atoms with Crippen molar-refractivity contribution in [3.63, 3.8) is 0 Å². The summed E-state index contributed by atoms with van der Waals surface area (Å²) in [4.78, 5) is 19.0. The van der Waals surface area contributed by atoms with Gasteiger partial charge in [-0.1, -0.05) is 0 Å². The van der Waals surface area contributed by atoms with Gasteiger partial charge in [-0.25, -0.2) is 4.98 Å². The summed E-state index contributed by atoms with van der Waals surface area (Å²) < 4.78 is 0. The van der Waals surface area contributed by atoms with Gasteiger partial charge in [0.1, 0.15) is 5.82 Å². The van der Waals surface area contributed by atoms with Crippen LogP contribution in [0.25, 0.3) is 0 Å². The van der Waals surface area contributed by atoms with Crippen LogP contribution in [-0.2, 0) is 0 Å². The summed E-state index contributed by atoms with van der Waals surface area (Å²) in [7, 11) is 2.17. The molecule has 2 aliphatic heterocycles. The van der Waals surface area contributed by atoms with Crippen LogP contribution in [0.1, 0.15) is 11.3 Å². The second kappa shape index (κ2) is 8.03. The molecule has 2 fully saturated rings. The highest BCUT2D eigenvalue weighted by Crippen LogP contribution is 2.22. The Kier molecular flexibility index (Phi) is 5.31. The van der Waals surface area contributed by atoms with Crippen LogP contribution in [0, 0.1) is 18.3 Å². The largest absolute Gasteiger partial charge is 0.368 e. The molecule has 0 radical (unpaired) electrons. The van der Waals surface area contributed by atoms with Crippen molar-refractivity contribution in [3.05, 3.63) is 41.6 Å². The number of aromatic nitrogens is 2. The van der Waals surface area contributed by atoms with Gasteiger partial charge in [-0.3, -0.25) is 0 Å². The van der Waals surface area contributed by atoms with Crippen LogP contribution in [0.5, 0.6) is 0 Å². The van der Waals surface area contributed by atoms with E-state index >= 15 is 0 Å². The van der Waals surface area contributed by atoms with E-state index in [1.54, 1.807) is 0 Å². The maximum absolute atomic E-state index is 8.96. The molecule has 7 heteroatoms. The minimum atomic E-state index is 0.701. The zero-order valence-corrected chi connectivity index (χ0v) is 16.7. The van der Waals surface area contributed by atoms with Crippen LogP contribution in [0.3, 0.4) is 0 Å². The third-order valence-electron chi connectivity index (χ3n) is 5.58. The fourth-order valence-corrected chi connectivity index (χ4v) is 3.79. The van der Waals surface area contributed by atoms with Gasteiger partial charge in [-0.2, -0.15) is 10.2 Å². The van der Waals surface area contributed by atoms with E-state index in [1.165, 1.54) is 5.69 Å². The highest BCUT2D eigenvalue weighted by molar-refractivity contribution is 5.52. The maximum Gasteiger partial charge on any atom is 0.227 e. The Hall–Kier alpha value is -2.85. The first-order valence-corrected chi connectivity index (χ1v) is 9.91. The standard InChI is InChI=1S/C21H27N7/c1-17-15-20(27-9-7-25(2)8-10-27)24-21(23-17)28-13-11-26(12-14-28)19-5-3-18(16-22)4-6-19/h3-6,15H,7-14H2,1-2H3. The smallest absolute Gasteiger partial charge is 0.227 e. The van der Waals surface area contributed by atoms with Gasteiger partial charge in [0.2, 0.25) is 5.95 Å². The normalized spacial score (nSPS) is 18.2. The Morgan fingerprint density at radius 3 is 2.07 bits per heavy atom. The van der Waals surface area contributed by atoms with E-state index in [4.69, 9.17) is 15.2 Å². The molecular weight excluding hydrogens is 350 g/mol. The van der Waals surface area contributed by atoms with E-state index < -0.39 is 0 Å². The molecule has 0 bridgehead atoms. The lowest BCUT2D eigenvalue weighted by Crippen LogP contribution is -2.47. The van der Waals surface area contributed by atoms with Crippen LogP contribution < -0.4 is 14.7 Å². The van der Waals surface area contributed by atoms with E-state index in [-0.39, 0.29) is 0 Å². The zero-order valence-electron chi connectivity index (χ0n) is 16.7. The molecule has 4 rings (SSSR count). The summed E-state index contributed by atoms with van der Waals surface area (Å²) in [6.07, 6.45) is 0. The minimum absolute atomic E-state index is 0.701. The van der Waals surface area contributed by atoms with Crippen molar-refractivity contribution in [1.82, 2.24) is 14.9 Å². The highest BCUT2D eigenvalue weighted by atomic mass is 15.3. The number of nitriles is 1. The topological polar surface area (TPSA) is 62.5 Å². The molecule has 0 atom stereocenters. The fraction of sp³-hybridized carbons (Fsp3) is 0.476. The van der Waals surface area contributed by atoms with Crippen molar-refractivity contribution >= 4 is 17.5 Å². The molecule has 28 heavy (non-hydrogen) atoms. The lowest BCUT2D eigenvalue weighted by Gasteiger charge is -2.37. The van der Waals surface area contributed by atoms with E-state index in [2.05, 4.69) is 45.7 Å². The second-order valence-electron chi connectivity index (χ2n) is 7.59. The second-order valence-corrected chi connectivity index (χ2v) is 7.59. The van der Waals surface area contributed by atoms with Crippen LogP contribution in [0.15, 0.2) is 30.3 Å². The van der Waals surface area contributed by atoms with Crippen LogP contribution in [-0.4, -0.2) is 74.3 Å². The van der Waals surface area contributed by atoms with Crippen molar-refractivity contribution < 1.29 is 0 Å². The average Bonchev–Trinajstić information content (AvgIpc) is 2.74. The summed E-state index contributed by atoms with van der Waals surface area (Å²) in [6.45, 7) is 9.86. The first-order chi connectivity index (χ1) is 13.6. The molecule has 0 amide bonds. The molecule has 7 nitrogen and oxygen atoms in total. The molecular formula is C21H27N7. The molecule has 3 heterocycles. The number of anilines is 3. The average molecular weight is 377 g/mol. The van der Waals surface area contributed by atoms with Crippen LogP contribution in [0.2, 0.25) is 0 Å². The van der Waals surface area contributed by atoms with Gasteiger partial charge in [0.05, 0.1) is 11.6 Å². The zero-order chi connectivity index (χ0) is 19.5. The Morgan fingerprint density at radius 1 is 0.821 bits per heavy atom. The Bertz CT molecular complexity index is 842. The molecule has 0 aliphatic carbocycles. The van der Waals surface area contributed by atoms with Gasteiger partial charge in [0.15, 0.2) is 0 Å². The molecule has 0 unspecified atom stereocenters. The van der Waals surface area contributed by atoms with E-state index in [1.807, 2.05) is 24.3 Å². The quantitative estimate of drug-likeness (QED) is 0.807. The fourth-order valence-electron chi connectivity index (χ4n) is 3.79. The summed E-state index contributed by atoms with van der Waals surface area (Å²) in [6, 6.07) is 12.1. The molecule has 1 aromatic carbocycles.